The number of hydrogen-bond donors (Lipinski definition) is 3. The van der Waals surface area contributed by atoms with Crippen LogP contribution in [0.3, 0.4) is 0 Å². The molecule has 0 fully saturated rings. The molecule has 6 nitrogen and oxygen atoms in total. The molecule has 0 heterocycles. The second-order valence-corrected chi connectivity index (χ2v) is 9.44. The van der Waals surface area contributed by atoms with Gasteiger partial charge < -0.3 is 11.1 Å². The second kappa shape index (κ2) is 7.70. The Bertz CT molecular complexity index is 947. The van der Waals surface area contributed by atoms with Gasteiger partial charge in [0.15, 0.2) is 0 Å². The fraction of sp³-hybridized carbons (Fsp3) is 0.350. The maximum absolute atomic E-state index is 12.8. The minimum absolute atomic E-state index is 0.103. The van der Waals surface area contributed by atoms with E-state index < -0.39 is 21.5 Å². The van der Waals surface area contributed by atoms with Crippen LogP contribution in [0.15, 0.2) is 47.4 Å². The van der Waals surface area contributed by atoms with Crippen LogP contribution in [0, 0.1) is 19.3 Å². The van der Waals surface area contributed by atoms with E-state index in [1.54, 1.807) is 37.3 Å². The van der Waals surface area contributed by atoms with Crippen molar-refractivity contribution in [1.29, 1.82) is 0 Å². The monoisotopic (exact) mass is 389 g/mol. The maximum Gasteiger partial charge on any atom is 0.262 e. The van der Waals surface area contributed by atoms with Crippen molar-refractivity contribution >= 4 is 27.3 Å². The number of anilines is 2. The van der Waals surface area contributed by atoms with Crippen LogP contribution in [0.5, 0.6) is 0 Å². The van der Waals surface area contributed by atoms with Crippen LogP contribution >= 0.6 is 0 Å². The molecule has 0 aromatic heterocycles. The summed E-state index contributed by atoms with van der Waals surface area (Å²) in [5, 5.41) is 2.70. The Balaban J connectivity index is 2.30. The van der Waals surface area contributed by atoms with Gasteiger partial charge in [-0.2, -0.15) is 0 Å². The highest BCUT2D eigenvalue weighted by atomic mass is 32.2. The Morgan fingerprint density at radius 1 is 1.04 bits per heavy atom. The number of carbonyl (C=O) groups excluding carboxylic acids is 1. The van der Waals surface area contributed by atoms with Gasteiger partial charge in [0.05, 0.1) is 10.9 Å². The standard InChI is InChI=1S/C20H27N3O3S/c1-13-7-6-8-16(11-13)23-27(25,26)17-12-15(10-9-14(17)2)22-19(24)18(21)20(3,4)5/h6-12,18,23H,21H2,1-5H3,(H,22,24)/t18-/m1/s1. The molecule has 2 rings (SSSR count). The third kappa shape index (κ3) is 5.30. The number of amides is 1. The van der Waals surface area contributed by atoms with Crippen molar-refractivity contribution in [3.8, 4) is 0 Å². The molecule has 7 heteroatoms. The summed E-state index contributed by atoms with van der Waals surface area (Å²) in [5.41, 5.74) is 7.96. The SMILES string of the molecule is Cc1cccc(NS(=O)(=O)c2cc(NC(=O)[C@@H](N)C(C)(C)C)ccc2C)c1. The lowest BCUT2D eigenvalue weighted by molar-refractivity contribution is -0.119. The molecule has 0 radical (unpaired) electrons. The van der Waals surface area contributed by atoms with Gasteiger partial charge in [0, 0.05) is 11.4 Å². The molecule has 0 aliphatic rings. The molecule has 0 bridgehead atoms. The van der Waals surface area contributed by atoms with Gasteiger partial charge in [0.2, 0.25) is 5.91 Å². The number of nitrogens with two attached hydrogens (primary N) is 1. The van der Waals surface area contributed by atoms with E-state index in [1.807, 2.05) is 33.8 Å². The molecule has 146 valence electrons. The first-order chi connectivity index (χ1) is 12.4. The van der Waals surface area contributed by atoms with Crippen LogP contribution in [-0.4, -0.2) is 20.4 Å². The van der Waals surface area contributed by atoms with Crippen molar-refractivity contribution in [2.75, 3.05) is 10.0 Å². The van der Waals surface area contributed by atoms with Crippen molar-refractivity contribution < 1.29 is 13.2 Å². The van der Waals surface area contributed by atoms with E-state index in [0.717, 1.165) is 5.56 Å². The van der Waals surface area contributed by atoms with Gasteiger partial charge >= 0.3 is 0 Å². The van der Waals surface area contributed by atoms with E-state index in [9.17, 15) is 13.2 Å². The highest BCUT2D eigenvalue weighted by Crippen LogP contribution is 2.24. The van der Waals surface area contributed by atoms with Crippen molar-refractivity contribution in [1.82, 2.24) is 0 Å². The van der Waals surface area contributed by atoms with Gasteiger partial charge in [-0.15, -0.1) is 0 Å². The number of hydrogen-bond acceptors (Lipinski definition) is 4. The number of nitrogens with one attached hydrogen (secondary N) is 2. The Labute approximate surface area is 161 Å². The molecule has 2 aromatic rings. The molecule has 0 saturated heterocycles. The minimum Gasteiger partial charge on any atom is -0.325 e. The quantitative estimate of drug-likeness (QED) is 0.729. The van der Waals surface area contributed by atoms with E-state index >= 15 is 0 Å². The number of rotatable bonds is 5. The van der Waals surface area contributed by atoms with Gasteiger partial charge in [-0.1, -0.05) is 39.0 Å². The third-order valence-corrected chi connectivity index (χ3v) is 5.75. The Morgan fingerprint density at radius 3 is 2.30 bits per heavy atom. The molecule has 0 saturated carbocycles. The smallest absolute Gasteiger partial charge is 0.262 e. The molecule has 0 aliphatic heterocycles. The van der Waals surface area contributed by atoms with Crippen molar-refractivity contribution in [2.45, 2.75) is 45.6 Å². The van der Waals surface area contributed by atoms with Crippen molar-refractivity contribution in [3.63, 3.8) is 0 Å². The summed E-state index contributed by atoms with van der Waals surface area (Å²) in [4.78, 5) is 12.4. The predicted octanol–water partition coefficient (Wildman–Crippen LogP) is 3.42. The van der Waals surface area contributed by atoms with Gasteiger partial charge in [0.25, 0.3) is 10.0 Å². The molecular weight excluding hydrogens is 362 g/mol. The van der Waals surface area contributed by atoms with E-state index in [4.69, 9.17) is 5.73 Å². The molecule has 1 atom stereocenters. The first kappa shape index (κ1) is 20.9. The number of sulfonamides is 1. The molecular formula is C20H27N3O3S. The topological polar surface area (TPSA) is 101 Å². The Morgan fingerprint density at radius 2 is 1.70 bits per heavy atom. The van der Waals surface area contributed by atoms with Gasteiger partial charge in [0.1, 0.15) is 0 Å². The summed E-state index contributed by atoms with van der Waals surface area (Å²) in [6.45, 7) is 9.20. The molecule has 27 heavy (non-hydrogen) atoms. The second-order valence-electron chi connectivity index (χ2n) is 7.79. The summed E-state index contributed by atoms with van der Waals surface area (Å²) in [6, 6.07) is 11.2. The zero-order valence-corrected chi connectivity index (χ0v) is 17.1. The predicted molar refractivity (Wildman–Crippen MR) is 109 cm³/mol. The van der Waals surface area contributed by atoms with Crippen LogP contribution < -0.4 is 15.8 Å². The molecule has 0 spiro atoms. The first-order valence-corrected chi connectivity index (χ1v) is 10.1. The minimum atomic E-state index is -3.80. The fourth-order valence-corrected chi connectivity index (χ4v) is 3.82. The summed E-state index contributed by atoms with van der Waals surface area (Å²) in [6.07, 6.45) is 0. The van der Waals surface area contributed by atoms with Gasteiger partial charge in [-0.05, 0) is 54.7 Å². The summed E-state index contributed by atoms with van der Waals surface area (Å²) >= 11 is 0. The van der Waals surface area contributed by atoms with Crippen LogP contribution in [-0.2, 0) is 14.8 Å². The van der Waals surface area contributed by atoms with Gasteiger partial charge in [-0.25, -0.2) is 8.42 Å². The lowest BCUT2D eigenvalue weighted by Gasteiger charge is -2.26. The summed E-state index contributed by atoms with van der Waals surface area (Å²) in [5.74, 6) is -0.360. The average molecular weight is 390 g/mol. The molecule has 1 amide bonds. The van der Waals surface area contributed by atoms with Crippen LogP contribution in [0.25, 0.3) is 0 Å². The van der Waals surface area contributed by atoms with Crippen LogP contribution in [0.2, 0.25) is 0 Å². The zero-order valence-electron chi connectivity index (χ0n) is 16.3. The largest absolute Gasteiger partial charge is 0.325 e. The molecule has 0 aliphatic carbocycles. The van der Waals surface area contributed by atoms with Crippen LogP contribution in [0.1, 0.15) is 31.9 Å². The van der Waals surface area contributed by atoms with E-state index in [0.29, 0.717) is 16.9 Å². The van der Waals surface area contributed by atoms with Gasteiger partial charge in [-0.3, -0.25) is 9.52 Å². The van der Waals surface area contributed by atoms with Crippen molar-refractivity contribution in [3.05, 3.63) is 53.6 Å². The lowest BCUT2D eigenvalue weighted by atomic mass is 9.87. The Hall–Kier alpha value is -2.38. The first-order valence-electron chi connectivity index (χ1n) is 8.67. The fourth-order valence-electron chi connectivity index (χ4n) is 2.50. The zero-order chi connectivity index (χ0) is 20.4. The molecule has 4 N–H and O–H groups in total. The summed E-state index contributed by atoms with van der Waals surface area (Å²) < 4.78 is 28.2. The Kier molecular flexibility index (Phi) is 5.97. The number of benzene rings is 2. The van der Waals surface area contributed by atoms with Crippen molar-refractivity contribution in [2.24, 2.45) is 11.1 Å². The lowest BCUT2D eigenvalue weighted by Crippen LogP contribution is -2.45. The number of carbonyl (C=O) groups is 1. The normalized spacial score (nSPS) is 13.1. The van der Waals surface area contributed by atoms with E-state index in [-0.39, 0.29) is 10.8 Å². The third-order valence-electron chi connectivity index (χ3n) is 4.23. The number of aryl methyl sites for hydroxylation is 2. The summed E-state index contributed by atoms with van der Waals surface area (Å²) in [7, 11) is -3.80. The molecule has 0 unspecified atom stereocenters. The molecule has 2 aromatic carbocycles. The van der Waals surface area contributed by atoms with E-state index in [2.05, 4.69) is 10.0 Å². The van der Waals surface area contributed by atoms with Crippen LogP contribution in [0.4, 0.5) is 11.4 Å². The highest BCUT2D eigenvalue weighted by molar-refractivity contribution is 7.92. The average Bonchev–Trinajstić information content (AvgIpc) is 2.54. The highest BCUT2D eigenvalue weighted by Gasteiger charge is 2.28. The maximum atomic E-state index is 12.8. The van der Waals surface area contributed by atoms with E-state index in [1.165, 1.54) is 6.07 Å².